The second kappa shape index (κ2) is 13.5. The molecule has 0 spiro atoms. The summed E-state index contributed by atoms with van der Waals surface area (Å²) in [5, 5.41) is 25.8. The van der Waals surface area contributed by atoms with Gasteiger partial charge in [0, 0.05) is 19.0 Å². The van der Waals surface area contributed by atoms with Crippen molar-refractivity contribution in [2.24, 2.45) is 0 Å². The van der Waals surface area contributed by atoms with Crippen LogP contribution in [0.4, 0.5) is 5.69 Å². The number of nitrogens with one attached hydrogen (secondary N) is 3. The van der Waals surface area contributed by atoms with Gasteiger partial charge in [-0.25, -0.2) is 0 Å². The first-order valence-electron chi connectivity index (χ1n) is 12.2. The first-order valence-corrected chi connectivity index (χ1v) is 12.2. The summed E-state index contributed by atoms with van der Waals surface area (Å²) in [6.07, 6.45) is -0.0768. The maximum absolute atomic E-state index is 13.5. The quantitative estimate of drug-likeness (QED) is 0.209. The molecule has 2 aromatic carbocycles. The number of phenolic OH excluding ortho intramolecular Hbond substituents is 1. The van der Waals surface area contributed by atoms with E-state index in [0.29, 0.717) is 17.5 Å². The van der Waals surface area contributed by atoms with Gasteiger partial charge in [-0.05, 0) is 35.4 Å². The summed E-state index contributed by atoms with van der Waals surface area (Å²) in [6, 6.07) is 15.1. The highest BCUT2D eigenvalue weighted by Crippen LogP contribution is 2.19. The summed E-state index contributed by atoms with van der Waals surface area (Å²) in [5.74, 6) is -3.36. The lowest BCUT2D eigenvalue weighted by Gasteiger charge is -2.20. The van der Waals surface area contributed by atoms with Crippen LogP contribution in [0.2, 0.25) is 0 Å². The lowest BCUT2D eigenvalue weighted by Crippen LogP contribution is -2.42. The molecular formula is C28H28N4O8. The van der Waals surface area contributed by atoms with Gasteiger partial charge >= 0.3 is 5.97 Å². The Balaban J connectivity index is 1.94. The van der Waals surface area contributed by atoms with Gasteiger partial charge in [-0.2, -0.15) is 0 Å². The van der Waals surface area contributed by atoms with E-state index >= 15 is 0 Å². The Hall–Kier alpha value is -5.26. The monoisotopic (exact) mass is 548 g/mol. The molecule has 0 radical (unpaired) electrons. The van der Waals surface area contributed by atoms with Crippen molar-refractivity contribution in [3.8, 4) is 5.75 Å². The fraction of sp³-hybridized carbons (Fsp3) is 0.214. The van der Waals surface area contributed by atoms with Crippen LogP contribution in [-0.4, -0.2) is 50.8 Å². The van der Waals surface area contributed by atoms with Crippen LogP contribution in [0.1, 0.15) is 36.2 Å². The van der Waals surface area contributed by atoms with Crippen molar-refractivity contribution in [1.29, 1.82) is 0 Å². The molecule has 0 saturated heterocycles. The standard InChI is InChI=1S/C28H28N4O8/c1-17(34)29-26(19-7-10-22(35)11-8-19)27(39)31-23-12-9-21(13-18-5-3-2-4-6-18)32(28(23)40)15-24(36)30-20(16-33)14-25(37)38/h2-12,16,20,26,35H,13-15H2,1H3,(H,29,34)(H,30,36)(H,31,39)(H,37,38)/t20-,26?/m0/s1. The lowest BCUT2D eigenvalue weighted by molar-refractivity contribution is -0.138. The molecule has 1 heterocycles. The minimum Gasteiger partial charge on any atom is -0.508 e. The Morgan fingerprint density at radius 1 is 0.950 bits per heavy atom. The molecule has 0 bridgehead atoms. The highest BCUT2D eigenvalue weighted by Gasteiger charge is 2.24. The molecule has 1 aromatic heterocycles. The summed E-state index contributed by atoms with van der Waals surface area (Å²) in [7, 11) is 0. The van der Waals surface area contributed by atoms with E-state index in [1.807, 2.05) is 30.3 Å². The molecule has 3 amide bonds. The molecule has 12 heteroatoms. The Morgan fingerprint density at radius 2 is 1.62 bits per heavy atom. The van der Waals surface area contributed by atoms with Crippen LogP contribution in [0, 0.1) is 0 Å². The smallest absolute Gasteiger partial charge is 0.305 e. The number of phenols is 1. The van der Waals surface area contributed by atoms with Gasteiger partial charge in [0.15, 0.2) is 0 Å². The van der Waals surface area contributed by atoms with Gasteiger partial charge in [0.25, 0.3) is 11.5 Å². The fourth-order valence-electron chi connectivity index (χ4n) is 3.94. The van der Waals surface area contributed by atoms with Crippen LogP contribution >= 0.6 is 0 Å². The highest BCUT2D eigenvalue weighted by molar-refractivity contribution is 5.97. The van der Waals surface area contributed by atoms with Crippen molar-refractivity contribution in [3.05, 3.63) is 93.9 Å². The van der Waals surface area contributed by atoms with E-state index < -0.39 is 54.3 Å². The Kier molecular flexibility index (Phi) is 9.90. The Bertz CT molecular complexity index is 1450. The zero-order chi connectivity index (χ0) is 29.2. The molecule has 5 N–H and O–H groups in total. The van der Waals surface area contributed by atoms with Crippen LogP contribution in [0.3, 0.4) is 0 Å². The van der Waals surface area contributed by atoms with Crippen molar-refractivity contribution in [3.63, 3.8) is 0 Å². The van der Waals surface area contributed by atoms with Gasteiger partial charge < -0.3 is 35.5 Å². The van der Waals surface area contributed by atoms with Crippen molar-refractivity contribution >= 4 is 35.7 Å². The van der Waals surface area contributed by atoms with Crippen LogP contribution in [0.25, 0.3) is 0 Å². The number of carbonyl (C=O) groups excluding carboxylic acids is 4. The third kappa shape index (κ3) is 8.12. The third-order valence-corrected chi connectivity index (χ3v) is 5.79. The normalized spacial score (nSPS) is 12.0. The summed E-state index contributed by atoms with van der Waals surface area (Å²) < 4.78 is 1.12. The number of carbonyl (C=O) groups is 5. The topological polar surface area (TPSA) is 184 Å². The summed E-state index contributed by atoms with van der Waals surface area (Å²) in [6.45, 7) is 0.670. The average Bonchev–Trinajstić information content (AvgIpc) is 2.91. The van der Waals surface area contributed by atoms with Crippen molar-refractivity contribution < 1.29 is 34.2 Å². The predicted molar refractivity (Wildman–Crippen MR) is 143 cm³/mol. The van der Waals surface area contributed by atoms with Crippen LogP contribution in [-0.2, 0) is 36.9 Å². The number of hydrogen-bond donors (Lipinski definition) is 5. The van der Waals surface area contributed by atoms with Crippen molar-refractivity contribution in [2.75, 3.05) is 5.32 Å². The number of aldehydes is 1. The van der Waals surface area contributed by atoms with Crippen LogP contribution < -0.4 is 21.5 Å². The Morgan fingerprint density at radius 3 is 2.23 bits per heavy atom. The Labute approximate surface area is 228 Å². The van der Waals surface area contributed by atoms with E-state index in [2.05, 4.69) is 16.0 Å². The zero-order valence-electron chi connectivity index (χ0n) is 21.5. The summed E-state index contributed by atoms with van der Waals surface area (Å²) in [4.78, 5) is 73.3. The number of aliphatic carboxylic acids is 1. The van der Waals surface area contributed by atoms with E-state index in [-0.39, 0.29) is 17.9 Å². The predicted octanol–water partition coefficient (Wildman–Crippen LogP) is 1.12. The second-order valence-electron chi connectivity index (χ2n) is 8.91. The maximum Gasteiger partial charge on any atom is 0.305 e. The van der Waals surface area contributed by atoms with E-state index in [0.717, 1.165) is 10.1 Å². The molecule has 0 aliphatic heterocycles. The van der Waals surface area contributed by atoms with Crippen LogP contribution in [0.15, 0.2) is 71.5 Å². The number of nitrogens with zero attached hydrogens (tertiary/aromatic N) is 1. The van der Waals surface area contributed by atoms with Gasteiger partial charge in [0.2, 0.25) is 11.8 Å². The molecule has 1 unspecified atom stereocenters. The molecule has 2 atom stereocenters. The minimum atomic E-state index is -1.29. The van der Waals surface area contributed by atoms with Crippen LogP contribution in [0.5, 0.6) is 5.75 Å². The van der Waals surface area contributed by atoms with Crippen molar-refractivity contribution in [1.82, 2.24) is 15.2 Å². The molecule has 40 heavy (non-hydrogen) atoms. The first kappa shape index (κ1) is 29.3. The molecular weight excluding hydrogens is 520 g/mol. The SMILES string of the molecule is CC(=O)NC(C(=O)Nc1ccc(Cc2ccccc2)n(CC(=O)N[C@H](C=O)CC(=O)O)c1=O)c1ccc(O)cc1. The van der Waals surface area contributed by atoms with Gasteiger partial charge in [-0.1, -0.05) is 42.5 Å². The number of anilines is 1. The zero-order valence-corrected chi connectivity index (χ0v) is 21.5. The van der Waals surface area contributed by atoms with E-state index in [1.165, 1.54) is 37.3 Å². The largest absolute Gasteiger partial charge is 0.508 e. The number of amides is 3. The average molecular weight is 549 g/mol. The van der Waals surface area contributed by atoms with E-state index in [4.69, 9.17) is 5.11 Å². The first-order chi connectivity index (χ1) is 19.1. The molecule has 208 valence electrons. The maximum atomic E-state index is 13.5. The summed E-state index contributed by atoms with van der Waals surface area (Å²) in [5.41, 5.74) is 0.695. The number of hydrogen-bond acceptors (Lipinski definition) is 7. The number of aromatic hydroxyl groups is 1. The molecule has 0 aliphatic carbocycles. The lowest BCUT2D eigenvalue weighted by atomic mass is 10.1. The molecule has 3 aromatic rings. The molecule has 0 aliphatic rings. The number of aromatic nitrogens is 1. The molecule has 0 fully saturated rings. The molecule has 12 nitrogen and oxygen atoms in total. The molecule has 3 rings (SSSR count). The van der Waals surface area contributed by atoms with E-state index in [9.17, 15) is 33.9 Å². The third-order valence-electron chi connectivity index (χ3n) is 5.79. The number of benzene rings is 2. The second-order valence-corrected chi connectivity index (χ2v) is 8.91. The van der Waals surface area contributed by atoms with Gasteiger partial charge in [0.05, 0.1) is 12.5 Å². The fourth-order valence-corrected chi connectivity index (χ4v) is 3.94. The number of pyridine rings is 1. The van der Waals surface area contributed by atoms with E-state index in [1.54, 1.807) is 6.07 Å². The number of rotatable bonds is 12. The van der Waals surface area contributed by atoms with Gasteiger partial charge in [-0.3, -0.25) is 24.0 Å². The number of carboxylic acids is 1. The van der Waals surface area contributed by atoms with Crippen molar-refractivity contribution in [2.45, 2.75) is 38.4 Å². The minimum absolute atomic E-state index is 0.0407. The molecule has 0 saturated carbocycles. The highest BCUT2D eigenvalue weighted by atomic mass is 16.4. The van der Waals surface area contributed by atoms with Gasteiger partial charge in [0.1, 0.15) is 30.3 Å². The number of carboxylic acid groups (broad SMARTS) is 1. The summed E-state index contributed by atoms with van der Waals surface area (Å²) >= 11 is 0. The van der Waals surface area contributed by atoms with Gasteiger partial charge in [-0.15, -0.1) is 0 Å².